The van der Waals surface area contributed by atoms with Gasteiger partial charge in [0.1, 0.15) is 5.60 Å². The smallest absolute Gasteiger partial charge is 0.410 e. The number of carbonyl (C=O) groups is 1. The highest BCUT2D eigenvalue weighted by Gasteiger charge is 2.46. The van der Waals surface area contributed by atoms with Crippen LogP contribution in [0.4, 0.5) is 13.6 Å². The monoisotopic (exact) mass is 264 g/mol. The van der Waals surface area contributed by atoms with Gasteiger partial charge in [0.2, 0.25) is 0 Å². The van der Waals surface area contributed by atoms with E-state index in [-0.39, 0.29) is 6.42 Å². The number of hydrogen-bond donors (Lipinski definition) is 1. The molecule has 1 atom stereocenters. The Balaban J connectivity index is 2.60. The Kier molecular flexibility index (Phi) is 4.53. The first-order valence-electron chi connectivity index (χ1n) is 6.25. The molecule has 0 aromatic heterocycles. The molecule has 1 fully saturated rings. The molecular weight excluding hydrogens is 242 g/mol. The number of carbonyl (C=O) groups excluding carboxylic acids is 1. The van der Waals surface area contributed by atoms with Crippen molar-refractivity contribution >= 4 is 6.09 Å². The third-order valence-electron chi connectivity index (χ3n) is 2.70. The molecule has 0 aliphatic carbocycles. The molecule has 1 aliphatic heterocycles. The van der Waals surface area contributed by atoms with Crippen LogP contribution in [0.15, 0.2) is 0 Å². The Labute approximate surface area is 107 Å². The predicted octanol–water partition coefficient (Wildman–Crippen LogP) is 2.24. The third kappa shape index (κ3) is 4.08. The number of nitrogens with one attached hydrogen (secondary N) is 1. The molecule has 0 radical (unpaired) electrons. The molecule has 0 bridgehead atoms. The van der Waals surface area contributed by atoms with Crippen LogP contribution in [0.5, 0.6) is 0 Å². The summed E-state index contributed by atoms with van der Waals surface area (Å²) in [5.74, 6) is -2.91. The Morgan fingerprint density at radius 3 is 2.56 bits per heavy atom. The average molecular weight is 264 g/mol. The molecule has 0 unspecified atom stereocenters. The van der Waals surface area contributed by atoms with E-state index in [0.29, 0.717) is 13.1 Å². The summed E-state index contributed by atoms with van der Waals surface area (Å²) < 4.78 is 32.7. The molecular formula is C12H22F2N2O2. The highest BCUT2D eigenvalue weighted by Crippen LogP contribution is 2.28. The number of likely N-dealkylation sites (tertiary alicyclic amines) is 1. The minimum Gasteiger partial charge on any atom is -0.444 e. The maximum absolute atomic E-state index is 13.8. The zero-order valence-corrected chi connectivity index (χ0v) is 11.4. The molecule has 1 heterocycles. The normalized spacial score (nSPS) is 23.9. The molecule has 1 rings (SSSR count). The first-order valence-corrected chi connectivity index (χ1v) is 6.25. The molecule has 1 aliphatic rings. The van der Waals surface area contributed by atoms with Crippen LogP contribution in [-0.2, 0) is 4.74 Å². The van der Waals surface area contributed by atoms with Gasteiger partial charge in [-0.1, -0.05) is 6.92 Å². The van der Waals surface area contributed by atoms with Crippen LogP contribution in [-0.4, -0.2) is 48.2 Å². The Morgan fingerprint density at radius 1 is 1.50 bits per heavy atom. The minimum atomic E-state index is -2.91. The second kappa shape index (κ2) is 5.38. The lowest BCUT2D eigenvalue weighted by atomic mass is 10.0. The first kappa shape index (κ1) is 15.1. The van der Waals surface area contributed by atoms with Gasteiger partial charge in [0.25, 0.3) is 5.92 Å². The molecule has 6 heteroatoms. The first-order chi connectivity index (χ1) is 8.15. The molecule has 0 aromatic carbocycles. The van der Waals surface area contributed by atoms with E-state index in [1.54, 1.807) is 27.7 Å². The maximum atomic E-state index is 13.8. The third-order valence-corrected chi connectivity index (χ3v) is 2.70. The predicted molar refractivity (Wildman–Crippen MR) is 64.8 cm³/mol. The van der Waals surface area contributed by atoms with Crippen LogP contribution in [0.25, 0.3) is 0 Å². The highest BCUT2D eigenvalue weighted by molar-refractivity contribution is 5.68. The lowest BCUT2D eigenvalue weighted by Gasteiger charge is -2.39. The highest BCUT2D eigenvalue weighted by atomic mass is 19.3. The quantitative estimate of drug-likeness (QED) is 0.831. The van der Waals surface area contributed by atoms with Crippen LogP contribution in [0.2, 0.25) is 0 Å². The van der Waals surface area contributed by atoms with Gasteiger partial charge >= 0.3 is 6.09 Å². The molecule has 1 saturated heterocycles. The number of nitrogens with zero attached hydrogens (tertiary/aromatic N) is 1. The van der Waals surface area contributed by atoms with Gasteiger partial charge in [0.15, 0.2) is 0 Å². The van der Waals surface area contributed by atoms with Crippen LogP contribution < -0.4 is 5.32 Å². The lowest BCUT2D eigenvalue weighted by Crippen LogP contribution is -2.58. The Hall–Kier alpha value is -0.910. The second-order valence-electron chi connectivity index (χ2n) is 5.56. The summed E-state index contributed by atoms with van der Waals surface area (Å²) in [6.07, 6.45) is -0.433. The van der Waals surface area contributed by atoms with Crippen molar-refractivity contribution in [2.75, 3.05) is 19.6 Å². The molecule has 0 saturated carbocycles. The number of hydrogen-bond acceptors (Lipinski definition) is 3. The van der Waals surface area contributed by atoms with Crippen LogP contribution >= 0.6 is 0 Å². The molecule has 0 aromatic rings. The second-order valence-corrected chi connectivity index (χ2v) is 5.56. The van der Waals surface area contributed by atoms with E-state index in [9.17, 15) is 13.6 Å². The van der Waals surface area contributed by atoms with E-state index < -0.39 is 30.2 Å². The molecule has 106 valence electrons. The van der Waals surface area contributed by atoms with Gasteiger partial charge < -0.3 is 15.0 Å². The number of halogens is 2. The van der Waals surface area contributed by atoms with E-state index in [1.807, 2.05) is 0 Å². The molecule has 0 spiro atoms. The van der Waals surface area contributed by atoms with E-state index in [0.717, 1.165) is 4.90 Å². The number of ether oxygens (including phenoxy) is 1. The van der Waals surface area contributed by atoms with Gasteiger partial charge in [-0.2, -0.15) is 0 Å². The lowest BCUT2D eigenvalue weighted by molar-refractivity contribution is -0.0909. The van der Waals surface area contributed by atoms with Gasteiger partial charge in [0, 0.05) is 6.54 Å². The molecule has 4 nitrogen and oxygen atoms in total. The zero-order valence-electron chi connectivity index (χ0n) is 11.4. The van der Waals surface area contributed by atoms with Gasteiger partial charge in [-0.25, -0.2) is 13.6 Å². The van der Waals surface area contributed by atoms with E-state index in [4.69, 9.17) is 4.74 Å². The largest absolute Gasteiger partial charge is 0.444 e. The number of amides is 1. The van der Waals surface area contributed by atoms with Crippen molar-refractivity contribution < 1.29 is 18.3 Å². The molecule has 1 N–H and O–H groups in total. The van der Waals surface area contributed by atoms with E-state index in [2.05, 4.69) is 5.32 Å². The van der Waals surface area contributed by atoms with Gasteiger partial charge in [-0.3, -0.25) is 0 Å². The fraction of sp³-hybridized carbons (Fsp3) is 0.917. The fourth-order valence-electron chi connectivity index (χ4n) is 1.92. The van der Waals surface area contributed by atoms with Crippen molar-refractivity contribution in [3.05, 3.63) is 0 Å². The van der Waals surface area contributed by atoms with Crippen LogP contribution in [0.3, 0.4) is 0 Å². The Morgan fingerprint density at radius 2 is 2.11 bits per heavy atom. The van der Waals surface area contributed by atoms with Crippen LogP contribution in [0.1, 0.15) is 34.1 Å². The summed E-state index contributed by atoms with van der Waals surface area (Å²) in [5.41, 5.74) is -0.662. The van der Waals surface area contributed by atoms with Crippen molar-refractivity contribution in [3.63, 3.8) is 0 Å². The zero-order chi connectivity index (χ0) is 14.0. The van der Waals surface area contributed by atoms with Crippen molar-refractivity contribution in [3.8, 4) is 0 Å². The topological polar surface area (TPSA) is 41.6 Å². The van der Waals surface area contributed by atoms with Gasteiger partial charge in [0.05, 0.1) is 12.6 Å². The summed E-state index contributed by atoms with van der Waals surface area (Å²) in [7, 11) is 0. The number of alkyl halides is 2. The Bertz CT molecular complexity index is 303. The van der Waals surface area contributed by atoms with Crippen molar-refractivity contribution in [1.82, 2.24) is 10.2 Å². The fourth-order valence-corrected chi connectivity index (χ4v) is 1.92. The van der Waals surface area contributed by atoms with Gasteiger partial charge in [-0.05, 0) is 33.7 Å². The number of rotatable bonds is 2. The summed E-state index contributed by atoms with van der Waals surface area (Å²) in [6, 6.07) is -0.860. The summed E-state index contributed by atoms with van der Waals surface area (Å²) >= 11 is 0. The molecule has 1 amide bonds. The SMILES string of the molecule is CCN[C@@H]1CCN(C(=O)OC(C)(C)C)CC1(F)F. The van der Waals surface area contributed by atoms with Crippen molar-refractivity contribution in [2.45, 2.75) is 51.7 Å². The van der Waals surface area contributed by atoms with E-state index in [1.165, 1.54) is 0 Å². The molecule has 18 heavy (non-hydrogen) atoms. The summed E-state index contributed by atoms with van der Waals surface area (Å²) in [4.78, 5) is 12.8. The minimum absolute atomic E-state index is 0.236. The van der Waals surface area contributed by atoms with Crippen LogP contribution in [0, 0.1) is 0 Å². The standard InChI is InChI=1S/C12H22F2N2O2/c1-5-15-9-6-7-16(8-12(9,13)14)10(17)18-11(2,3)4/h9,15H,5-8H2,1-4H3/t9-/m1/s1. The van der Waals surface area contributed by atoms with Crippen molar-refractivity contribution in [1.29, 1.82) is 0 Å². The van der Waals surface area contributed by atoms with E-state index >= 15 is 0 Å². The van der Waals surface area contributed by atoms with Gasteiger partial charge in [-0.15, -0.1) is 0 Å². The summed E-state index contributed by atoms with van der Waals surface area (Å²) in [5, 5.41) is 2.75. The average Bonchev–Trinajstić information content (AvgIpc) is 2.18. The van der Waals surface area contributed by atoms with Crippen molar-refractivity contribution in [2.24, 2.45) is 0 Å². The summed E-state index contributed by atoms with van der Waals surface area (Å²) in [6.45, 7) is 7.14. The maximum Gasteiger partial charge on any atom is 0.410 e. The number of piperidine rings is 1.